The number of nitrogens with two attached hydrogens (primary N) is 1. The van der Waals surface area contributed by atoms with Crippen molar-refractivity contribution < 1.29 is 18.8 Å². The van der Waals surface area contributed by atoms with Gasteiger partial charge in [-0.2, -0.15) is 4.98 Å². The van der Waals surface area contributed by atoms with Crippen molar-refractivity contribution in [2.75, 3.05) is 19.5 Å². The molecule has 0 radical (unpaired) electrons. The first-order valence-electron chi connectivity index (χ1n) is 9.39. The molecule has 1 aromatic carbocycles. The predicted molar refractivity (Wildman–Crippen MR) is 105 cm³/mol. The summed E-state index contributed by atoms with van der Waals surface area (Å²) in [4.78, 5) is 17.1. The topological polar surface area (TPSA) is 112 Å². The van der Waals surface area contributed by atoms with E-state index < -0.39 is 11.0 Å². The average molecular weight is 388 g/mol. The van der Waals surface area contributed by atoms with Gasteiger partial charge in [-0.3, -0.25) is 4.79 Å². The Morgan fingerprint density at radius 2 is 1.79 bits per heavy atom. The Balaban J connectivity index is 2.05. The van der Waals surface area contributed by atoms with Gasteiger partial charge in [-0.1, -0.05) is 38.8 Å². The summed E-state index contributed by atoms with van der Waals surface area (Å²) < 4.78 is 16.3. The van der Waals surface area contributed by atoms with Crippen LogP contribution >= 0.6 is 0 Å². The zero-order valence-electron chi connectivity index (χ0n) is 17.1. The van der Waals surface area contributed by atoms with E-state index in [1.165, 1.54) is 7.11 Å². The molecule has 0 saturated heterocycles. The van der Waals surface area contributed by atoms with Crippen LogP contribution in [0.2, 0.25) is 0 Å². The van der Waals surface area contributed by atoms with Gasteiger partial charge in [0, 0.05) is 11.5 Å². The molecule has 3 N–H and O–H groups in total. The lowest BCUT2D eigenvalue weighted by atomic mass is 9.95. The number of amides is 1. The van der Waals surface area contributed by atoms with E-state index in [9.17, 15) is 4.79 Å². The third kappa shape index (κ3) is 3.82. The standard InChI is InChI=1S/C20H28N4O4/c1-19(2,3)18(25)22-13-11-15(27-5)14(26-4)10-12(13)16-23-17(24-28-16)20(21)8-6-7-9-20/h10-11H,6-9,21H2,1-5H3,(H,22,25). The number of hydrogen-bond donors (Lipinski definition) is 2. The van der Waals surface area contributed by atoms with E-state index in [1.807, 2.05) is 20.8 Å². The molecule has 8 nitrogen and oxygen atoms in total. The summed E-state index contributed by atoms with van der Waals surface area (Å²) in [6, 6.07) is 3.40. The fraction of sp³-hybridized carbons (Fsp3) is 0.550. The van der Waals surface area contributed by atoms with Crippen molar-refractivity contribution in [3.05, 3.63) is 18.0 Å². The van der Waals surface area contributed by atoms with Crippen LogP contribution in [0.5, 0.6) is 11.5 Å². The molecule has 2 aromatic rings. The third-order valence-corrected chi connectivity index (χ3v) is 5.05. The Morgan fingerprint density at radius 1 is 1.18 bits per heavy atom. The van der Waals surface area contributed by atoms with Crippen LogP contribution in [0.3, 0.4) is 0 Å². The molecule has 0 spiro atoms. The fourth-order valence-electron chi connectivity index (χ4n) is 3.23. The Hall–Kier alpha value is -2.61. The first-order chi connectivity index (χ1) is 13.2. The van der Waals surface area contributed by atoms with Crippen LogP contribution in [-0.2, 0) is 10.3 Å². The van der Waals surface area contributed by atoms with Gasteiger partial charge in [0.2, 0.25) is 5.91 Å². The first kappa shape index (κ1) is 20.1. The molecule has 1 saturated carbocycles. The smallest absolute Gasteiger partial charge is 0.260 e. The number of methoxy groups -OCH3 is 2. The van der Waals surface area contributed by atoms with Gasteiger partial charge in [0.15, 0.2) is 17.3 Å². The summed E-state index contributed by atoms with van der Waals surface area (Å²) >= 11 is 0. The van der Waals surface area contributed by atoms with Crippen LogP contribution in [0.4, 0.5) is 5.69 Å². The highest BCUT2D eigenvalue weighted by molar-refractivity contribution is 5.98. The van der Waals surface area contributed by atoms with Crippen LogP contribution in [0.15, 0.2) is 16.7 Å². The molecule has 28 heavy (non-hydrogen) atoms. The molecule has 152 valence electrons. The van der Waals surface area contributed by atoms with Gasteiger partial charge in [0.05, 0.1) is 31.0 Å². The van der Waals surface area contributed by atoms with Crippen LogP contribution in [0.25, 0.3) is 11.5 Å². The normalized spacial score (nSPS) is 16.1. The molecule has 0 aliphatic heterocycles. The van der Waals surface area contributed by atoms with Crippen molar-refractivity contribution in [1.29, 1.82) is 0 Å². The number of carbonyl (C=O) groups is 1. The van der Waals surface area contributed by atoms with Crippen molar-refractivity contribution in [2.45, 2.75) is 52.0 Å². The van der Waals surface area contributed by atoms with Crippen LogP contribution < -0.4 is 20.5 Å². The Labute approximate surface area is 164 Å². The van der Waals surface area contributed by atoms with E-state index in [2.05, 4.69) is 15.5 Å². The lowest BCUT2D eigenvalue weighted by Crippen LogP contribution is -2.34. The highest BCUT2D eigenvalue weighted by Crippen LogP contribution is 2.40. The quantitative estimate of drug-likeness (QED) is 0.806. The molecule has 1 amide bonds. The van der Waals surface area contributed by atoms with Gasteiger partial charge in [-0.25, -0.2) is 0 Å². The third-order valence-electron chi connectivity index (χ3n) is 5.05. The number of nitrogens with zero attached hydrogens (tertiary/aromatic N) is 2. The van der Waals surface area contributed by atoms with Gasteiger partial charge >= 0.3 is 0 Å². The van der Waals surface area contributed by atoms with Gasteiger partial charge < -0.3 is 25.0 Å². The molecule has 0 bridgehead atoms. The highest BCUT2D eigenvalue weighted by atomic mass is 16.5. The summed E-state index contributed by atoms with van der Waals surface area (Å²) in [7, 11) is 3.08. The van der Waals surface area contributed by atoms with E-state index in [-0.39, 0.29) is 11.8 Å². The van der Waals surface area contributed by atoms with E-state index in [0.717, 1.165) is 25.7 Å². The van der Waals surface area contributed by atoms with E-state index in [1.54, 1.807) is 19.2 Å². The number of anilines is 1. The molecule has 0 unspecified atom stereocenters. The molecule has 1 aromatic heterocycles. The molecular formula is C20H28N4O4. The molecule has 1 fully saturated rings. The van der Waals surface area contributed by atoms with Gasteiger partial charge in [0.1, 0.15) is 0 Å². The number of benzene rings is 1. The Morgan fingerprint density at radius 3 is 2.36 bits per heavy atom. The summed E-state index contributed by atoms with van der Waals surface area (Å²) in [5.41, 5.74) is 6.37. The van der Waals surface area contributed by atoms with E-state index in [0.29, 0.717) is 28.6 Å². The highest BCUT2D eigenvalue weighted by Gasteiger charge is 2.36. The largest absolute Gasteiger partial charge is 0.493 e. The van der Waals surface area contributed by atoms with Gasteiger partial charge in [0.25, 0.3) is 5.89 Å². The summed E-state index contributed by atoms with van der Waals surface area (Å²) in [6.45, 7) is 5.52. The number of rotatable bonds is 5. The number of aromatic nitrogens is 2. The Bertz CT molecular complexity index is 864. The Kier molecular flexibility index (Phi) is 5.34. The number of hydrogen-bond acceptors (Lipinski definition) is 7. The lowest BCUT2D eigenvalue weighted by molar-refractivity contribution is -0.123. The number of nitrogens with one attached hydrogen (secondary N) is 1. The van der Waals surface area contributed by atoms with Crippen molar-refractivity contribution >= 4 is 11.6 Å². The van der Waals surface area contributed by atoms with Gasteiger partial charge in [-0.15, -0.1) is 0 Å². The number of ether oxygens (including phenoxy) is 2. The predicted octanol–water partition coefficient (Wildman–Crippen LogP) is 3.47. The first-order valence-corrected chi connectivity index (χ1v) is 9.39. The fourth-order valence-corrected chi connectivity index (χ4v) is 3.23. The second-order valence-corrected chi connectivity index (χ2v) is 8.24. The van der Waals surface area contributed by atoms with E-state index >= 15 is 0 Å². The van der Waals surface area contributed by atoms with Crippen LogP contribution in [0, 0.1) is 5.41 Å². The molecular weight excluding hydrogens is 360 g/mol. The summed E-state index contributed by atoms with van der Waals surface area (Å²) in [5, 5.41) is 7.05. The molecule has 3 rings (SSSR count). The van der Waals surface area contributed by atoms with Crippen LogP contribution in [0.1, 0.15) is 52.3 Å². The SMILES string of the molecule is COc1cc(NC(=O)C(C)(C)C)c(-c2nc(C3(N)CCCC3)no2)cc1OC. The lowest BCUT2D eigenvalue weighted by Gasteiger charge is -2.20. The average Bonchev–Trinajstić information content (AvgIpc) is 3.30. The summed E-state index contributed by atoms with van der Waals surface area (Å²) in [5.74, 6) is 1.60. The van der Waals surface area contributed by atoms with Crippen molar-refractivity contribution in [1.82, 2.24) is 10.1 Å². The maximum absolute atomic E-state index is 12.6. The zero-order chi connectivity index (χ0) is 20.5. The second kappa shape index (κ2) is 7.43. The second-order valence-electron chi connectivity index (χ2n) is 8.24. The number of carbonyl (C=O) groups excluding carboxylic acids is 1. The minimum absolute atomic E-state index is 0.146. The summed E-state index contributed by atoms with van der Waals surface area (Å²) in [6.07, 6.45) is 3.74. The van der Waals surface area contributed by atoms with Crippen molar-refractivity contribution in [2.24, 2.45) is 11.1 Å². The molecule has 1 aliphatic carbocycles. The van der Waals surface area contributed by atoms with Crippen molar-refractivity contribution in [3.63, 3.8) is 0 Å². The van der Waals surface area contributed by atoms with Crippen LogP contribution in [-0.4, -0.2) is 30.3 Å². The molecule has 1 heterocycles. The van der Waals surface area contributed by atoms with Crippen molar-refractivity contribution in [3.8, 4) is 23.0 Å². The minimum Gasteiger partial charge on any atom is -0.493 e. The van der Waals surface area contributed by atoms with Gasteiger partial charge in [-0.05, 0) is 18.9 Å². The maximum atomic E-state index is 12.6. The molecule has 1 aliphatic rings. The minimum atomic E-state index is -0.574. The van der Waals surface area contributed by atoms with E-state index in [4.69, 9.17) is 19.7 Å². The maximum Gasteiger partial charge on any atom is 0.260 e. The molecule has 8 heteroatoms. The monoisotopic (exact) mass is 388 g/mol. The molecule has 0 atom stereocenters. The zero-order valence-corrected chi connectivity index (χ0v) is 17.1.